The minimum atomic E-state index is -1.75. The number of esters is 3. The van der Waals surface area contributed by atoms with Gasteiger partial charge in [-0.2, -0.15) is 0 Å². The Balaban J connectivity index is 3.25. The van der Waals surface area contributed by atoms with Crippen molar-refractivity contribution in [1.29, 1.82) is 0 Å². The smallest absolute Gasteiger partial charge is 0.339 e. The van der Waals surface area contributed by atoms with Gasteiger partial charge >= 0.3 is 17.9 Å². The molecule has 1 aliphatic heterocycles. The highest BCUT2D eigenvalue weighted by Crippen LogP contribution is 2.37. The lowest BCUT2D eigenvalue weighted by molar-refractivity contribution is -0.180. The minimum Gasteiger partial charge on any atom is -0.466 e. The van der Waals surface area contributed by atoms with Gasteiger partial charge in [0, 0.05) is 6.54 Å². The molecule has 0 spiro atoms. The summed E-state index contributed by atoms with van der Waals surface area (Å²) in [6, 6.07) is 0. The minimum absolute atomic E-state index is 0.114. The van der Waals surface area contributed by atoms with Crippen LogP contribution < -0.4 is 0 Å². The first-order valence-corrected chi connectivity index (χ1v) is 7.18. The number of rotatable bonds is 6. The van der Waals surface area contributed by atoms with E-state index in [9.17, 15) is 14.4 Å². The van der Waals surface area contributed by atoms with Crippen molar-refractivity contribution in [1.82, 2.24) is 4.90 Å². The number of likely N-dealkylation sites (tertiary alicyclic amines) is 1. The number of carbonyl (C=O) groups excluding carboxylic acids is 3. The van der Waals surface area contributed by atoms with Crippen molar-refractivity contribution in [2.24, 2.45) is 5.92 Å². The second-order valence-corrected chi connectivity index (χ2v) is 4.72. The van der Waals surface area contributed by atoms with Crippen LogP contribution in [-0.2, 0) is 28.6 Å². The van der Waals surface area contributed by atoms with Gasteiger partial charge in [0.2, 0.25) is 5.54 Å². The molecule has 0 aromatic rings. The number of hydrogen-bond donors (Lipinski definition) is 0. The Morgan fingerprint density at radius 2 is 1.48 bits per heavy atom. The van der Waals surface area contributed by atoms with Crippen LogP contribution in [0.3, 0.4) is 0 Å². The molecule has 7 heteroatoms. The van der Waals surface area contributed by atoms with Gasteiger partial charge in [-0.1, -0.05) is 0 Å². The summed E-state index contributed by atoms with van der Waals surface area (Å²) in [4.78, 5) is 38.6. The van der Waals surface area contributed by atoms with Gasteiger partial charge in [-0.05, 0) is 34.2 Å². The van der Waals surface area contributed by atoms with E-state index in [0.29, 0.717) is 13.0 Å². The van der Waals surface area contributed by atoms with Gasteiger partial charge in [-0.25, -0.2) is 9.59 Å². The first-order valence-electron chi connectivity index (χ1n) is 7.18. The molecule has 1 aliphatic rings. The molecule has 0 aromatic heterocycles. The topological polar surface area (TPSA) is 82.1 Å². The zero-order valence-corrected chi connectivity index (χ0v) is 13.0. The summed E-state index contributed by atoms with van der Waals surface area (Å²) in [5.74, 6) is -3.02. The van der Waals surface area contributed by atoms with E-state index in [0.717, 1.165) is 0 Å². The number of ether oxygens (including phenoxy) is 3. The van der Waals surface area contributed by atoms with E-state index in [1.54, 1.807) is 27.8 Å². The highest BCUT2D eigenvalue weighted by molar-refractivity contribution is 6.09. The summed E-state index contributed by atoms with van der Waals surface area (Å²) in [7, 11) is 1.60. The van der Waals surface area contributed by atoms with E-state index >= 15 is 0 Å². The highest BCUT2D eigenvalue weighted by atomic mass is 16.6. The van der Waals surface area contributed by atoms with Crippen molar-refractivity contribution in [3.05, 3.63) is 0 Å². The van der Waals surface area contributed by atoms with Crippen molar-refractivity contribution in [3.63, 3.8) is 0 Å². The predicted octanol–water partition coefficient (Wildman–Crippen LogP) is 0.366. The van der Waals surface area contributed by atoms with Crippen LogP contribution in [0.25, 0.3) is 0 Å². The Kier molecular flexibility index (Phi) is 6.14. The molecule has 0 N–H and O–H groups in total. The van der Waals surface area contributed by atoms with Crippen molar-refractivity contribution in [2.75, 3.05) is 33.4 Å². The van der Waals surface area contributed by atoms with Gasteiger partial charge in [0.25, 0.3) is 0 Å². The van der Waals surface area contributed by atoms with Gasteiger partial charge in [0.1, 0.15) is 0 Å². The normalized spacial score (nSPS) is 20.9. The lowest BCUT2D eigenvalue weighted by atomic mass is 9.84. The second-order valence-electron chi connectivity index (χ2n) is 4.72. The van der Waals surface area contributed by atoms with E-state index < -0.39 is 29.4 Å². The zero-order valence-electron chi connectivity index (χ0n) is 13.0. The van der Waals surface area contributed by atoms with E-state index in [-0.39, 0.29) is 19.8 Å². The van der Waals surface area contributed by atoms with Gasteiger partial charge in [0.15, 0.2) is 0 Å². The van der Waals surface area contributed by atoms with E-state index in [2.05, 4.69) is 0 Å². The van der Waals surface area contributed by atoms with Crippen LogP contribution in [0.2, 0.25) is 0 Å². The average Bonchev–Trinajstić information content (AvgIpc) is 2.78. The van der Waals surface area contributed by atoms with Gasteiger partial charge in [-0.15, -0.1) is 0 Å². The molecule has 0 bridgehead atoms. The molecule has 0 radical (unpaired) electrons. The SMILES string of the molecule is CCOC(=O)C1CCN(C)C1(C(=O)OCC)C(=O)OCC. The third-order valence-electron chi connectivity index (χ3n) is 3.60. The lowest BCUT2D eigenvalue weighted by Crippen LogP contribution is -2.62. The van der Waals surface area contributed by atoms with Crippen LogP contribution in [0.4, 0.5) is 0 Å². The third-order valence-corrected chi connectivity index (χ3v) is 3.60. The molecule has 1 saturated heterocycles. The molecular weight excluding hydrogens is 278 g/mol. The van der Waals surface area contributed by atoms with Crippen molar-refractivity contribution in [3.8, 4) is 0 Å². The highest BCUT2D eigenvalue weighted by Gasteiger charge is 2.64. The maximum Gasteiger partial charge on any atom is 0.339 e. The van der Waals surface area contributed by atoms with Gasteiger partial charge in [-0.3, -0.25) is 9.69 Å². The summed E-state index contributed by atoms with van der Waals surface area (Å²) >= 11 is 0. The van der Waals surface area contributed by atoms with Crippen LogP contribution in [0.15, 0.2) is 0 Å². The monoisotopic (exact) mass is 301 g/mol. The van der Waals surface area contributed by atoms with Crippen molar-refractivity contribution < 1.29 is 28.6 Å². The van der Waals surface area contributed by atoms with E-state index in [1.165, 1.54) is 4.90 Å². The number of hydrogen-bond acceptors (Lipinski definition) is 7. The molecule has 0 aromatic carbocycles. The molecule has 1 unspecified atom stereocenters. The molecule has 1 heterocycles. The molecule has 7 nitrogen and oxygen atoms in total. The summed E-state index contributed by atoms with van der Waals surface area (Å²) in [6.07, 6.45) is 0.340. The van der Waals surface area contributed by atoms with Crippen LogP contribution >= 0.6 is 0 Å². The molecule has 0 saturated carbocycles. The van der Waals surface area contributed by atoms with E-state index in [1.807, 2.05) is 0 Å². The van der Waals surface area contributed by atoms with Gasteiger partial charge < -0.3 is 14.2 Å². The Labute approximate surface area is 124 Å². The first-order chi connectivity index (χ1) is 9.96. The van der Waals surface area contributed by atoms with Crippen LogP contribution in [-0.4, -0.2) is 61.8 Å². The fourth-order valence-corrected chi connectivity index (χ4v) is 2.67. The zero-order chi connectivity index (χ0) is 16.0. The number of carbonyl (C=O) groups is 3. The number of likely N-dealkylation sites (N-methyl/N-ethyl adjacent to an activating group) is 1. The summed E-state index contributed by atoms with van der Waals surface area (Å²) in [5, 5.41) is 0. The maximum absolute atomic E-state index is 12.4. The van der Waals surface area contributed by atoms with Crippen LogP contribution in [0, 0.1) is 5.92 Å². The lowest BCUT2D eigenvalue weighted by Gasteiger charge is -2.34. The summed E-state index contributed by atoms with van der Waals surface area (Å²) in [5.41, 5.74) is -1.75. The Bertz CT molecular complexity index is 390. The molecular formula is C14H23NO6. The molecule has 0 aliphatic carbocycles. The maximum atomic E-state index is 12.4. The first kappa shape index (κ1) is 17.4. The fourth-order valence-electron chi connectivity index (χ4n) is 2.67. The Morgan fingerprint density at radius 1 is 1.00 bits per heavy atom. The average molecular weight is 301 g/mol. The number of nitrogens with zero attached hydrogens (tertiary/aromatic N) is 1. The largest absolute Gasteiger partial charge is 0.466 e. The van der Waals surface area contributed by atoms with Crippen molar-refractivity contribution >= 4 is 17.9 Å². The van der Waals surface area contributed by atoms with Crippen LogP contribution in [0.5, 0.6) is 0 Å². The van der Waals surface area contributed by atoms with Crippen LogP contribution in [0.1, 0.15) is 27.2 Å². The fraction of sp³-hybridized carbons (Fsp3) is 0.786. The second kappa shape index (κ2) is 7.40. The molecule has 1 fully saturated rings. The Hall–Kier alpha value is -1.63. The Morgan fingerprint density at radius 3 is 1.90 bits per heavy atom. The predicted molar refractivity (Wildman–Crippen MR) is 73.4 cm³/mol. The quantitative estimate of drug-likeness (QED) is 0.398. The van der Waals surface area contributed by atoms with E-state index in [4.69, 9.17) is 14.2 Å². The third kappa shape index (κ3) is 3.02. The molecule has 21 heavy (non-hydrogen) atoms. The summed E-state index contributed by atoms with van der Waals surface area (Å²) < 4.78 is 15.1. The van der Waals surface area contributed by atoms with Crippen molar-refractivity contribution in [2.45, 2.75) is 32.7 Å². The molecule has 1 atom stereocenters. The molecule has 1 rings (SSSR count). The summed E-state index contributed by atoms with van der Waals surface area (Å²) in [6.45, 7) is 5.78. The van der Waals surface area contributed by atoms with Gasteiger partial charge in [0.05, 0.1) is 25.7 Å². The molecule has 120 valence electrons. The molecule has 0 amide bonds. The standard InChI is InChI=1S/C14H23NO6/c1-5-19-11(16)10-8-9-15(4)14(10,12(17)20-6-2)13(18)21-7-3/h10H,5-9H2,1-4H3.